The van der Waals surface area contributed by atoms with Crippen LogP contribution < -0.4 is 4.74 Å². The third kappa shape index (κ3) is 4.62. The van der Waals surface area contributed by atoms with E-state index < -0.39 is 6.10 Å². The van der Waals surface area contributed by atoms with Gasteiger partial charge in [0.1, 0.15) is 5.75 Å². The summed E-state index contributed by atoms with van der Waals surface area (Å²) in [7, 11) is 1.62. The van der Waals surface area contributed by atoms with Crippen LogP contribution in [0.15, 0.2) is 40.9 Å². The van der Waals surface area contributed by atoms with E-state index in [4.69, 9.17) is 27.9 Å². The second-order valence-electron chi connectivity index (χ2n) is 4.77. The van der Waals surface area contributed by atoms with Crippen LogP contribution in [0.2, 0.25) is 10.0 Å². The van der Waals surface area contributed by atoms with Gasteiger partial charge >= 0.3 is 0 Å². The molecule has 0 spiro atoms. The summed E-state index contributed by atoms with van der Waals surface area (Å²) < 4.78 is 6.06. The van der Waals surface area contributed by atoms with Gasteiger partial charge in [0, 0.05) is 16.5 Å². The van der Waals surface area contributed by atoms with Gasteiger partial charge in [-0.3, -0.25) is 0 Å². The van der Waals surface area contributed by atoms with Crippen molar-refractivity contribution in [2.24, 2.45) is 0 Å². The standard InChI is InChI=1S/C16H15BrCl2O2/c1-21-16-5-2-10(7-14(16)17)6-13(20)8-11-3-4-12(18)9-15(11)19/h2-5,7,9,13,20H,6,8H2,1H3. The molecule has 0 bridgehead atoms. The molecule has 0 radical (unpaired) electrons. The van der Waals surface area contributed by atoms with E-state index in [2.05, 4.69) is 15.9 Å². The molecule has 0 aliphatic heterocycles. The number of hydrogen-bond acceptors (Lipinski definition) is 2. The third-order valence-electron chi connectivity index (χ3n) is 3.16. The van der Waals surface area contributed by atoms with Crippen molar-refractivity contribution in [1.82, 2.24) is 0 Å². The lowest BCUT2D eigenvalue weighted by atomic mass is 10.0. The number of aliphatic hydroxyl groups is 1. The SMILES string of the molecule is COc1ccc(CC(O)Cc2ccc(Cl)cc2Cl)cc1Br. The topological polar surface area (TPSA) is 29.5 Å². The first-order valence-electron chi connectivity index (χ1n) is 6.44. The van der Waals surface area contributed by atoms with Crippen molar-refractivity contribution >= 4 is 39.1 Å². The lowest BCUT2D eigenvalue weighted by molar-refractivity contribution is 0.175. The summed E-state index contributed by atoms with van der Waals surface area (Å²) in [5.41, 5.74) is 1.92. The number of aliphatic hydroxyl groups excluding tert-OH is 1. The summed E-state index contributed by atoms with van der Waals surface area (Å²) in [6.07, 6.45) is 0.519. The molecule has 0 aromatic heterocycles. The van der Waals surface area contributed by atoms with E-state index in [-0.39, 0.29) is 0 Å². The van der Waals surface area contributed by atoms with E-state index in [1.165, 1.54) is 0 Å². The van der Waals surface area contributed by atoms with Crippen LogP contribution in [0.3, 0.4) is 0 Å². The second-order valence-corrected chi connectivity index (χ2v) is 6.46. The van der Waals surface area contributed by atoms with Crippen molar-refractivity contribution in [2.45, 2.75) is 18.9 Å². The molecule has 1 N–H and O–H groups in total. The fraction of sp³-hybridized carbons (Fsp3) is 0.250. The molecule has 0 heterocycles. The monoisotopic (exact) mass is 388 g/mol. The number of benzene rings is 2. The number of halogens is 3. The summed E-state index contributed by atoms with van der Waals surface area (Å²) in [5, 5.41) is 11.4. The summed E-state index contributed by atoms with van der Waals surface area (Å²) in [5.74, 6) is 0.772. The molecule has 0 saturated heterocycles. The fourth-order valence-corrected chi connectivity index (χ4v) is 3.20. The van der Waals surface area contributed by atoms with E-state index in [1.54, 1.807) is 19.2 Å². The van der Waals surface area contributed by atoms with Gasteiger partial charge in [0.25, 0.3) is 0 Å². The zero-order valence-electron chi connectivity index (χ0n) is 11.4. The van der Waals surface area contributed by atoms with E-state index in [9.17, 15) is 5.11 Å². The Morgan fingerprint density at radius 2 is 1.90 bits per heavy atom. The first-order chi connectivity index (χ1) is 9.99. The summed E-state index contributed by atoms with van der Waals surface area (Å²) in [4.78, 5) is 0. The highest BCUT2D eigenvalue weighted by atomic mass is 79.9. The maximum absolute atomic E-state index is 10.2. The highest BCUT2D eigenvalue weighted by Gasteiger charge is 2.11. The van der Waals surface area contributed by atoms with Crippen molar-refractivity contribution < 1.29 is 9.84 Å². The summed E-state index contributed by atoms with van der Waals surface area (Å²) in [6.45, 7) is 0. The minimum absolute atomic E-state index is 0.486. The van der Waals surface area contributed by atoms with Gasteiger partial charge in [0.05, 0.1) is 17.7 Å². The van der Waals surface area contributed by atoms with Gasteiger partial charge in [-0.15, -0.1) is 0 Å². The highest BCUT2D eigenvalue weighted by Crippen LogP contribution is 2.27. The lowest BCUT2D eigenvalue weighted by Crippen LogP contribution is -2.14. The summed E-state index contributed by atoms with van der Waals surface area (Å²) >= 11 is 15.4. The van der Waals surface area contributed by atoms with Gasteiger partial charge in [0.15, 0.2) is 0 Å². The van der Waals surface area contributed by atoms with Crippen LogP contribution in [-0.4, -0.2) is 18.3 Å². The Kier molecular flexibility index (Phi) is 5.94. The van der Waals surface area contributed by atoms with Gasteiger partial charge in [-0.05, 0) is 57.7 Å². The largest absolute Gasteiger partial charge is 0.496 e. The van der Waals surface area contributed by atoms with Gasteiger partial charge in [-0.1, -0.05) is 35.3 Å². The van der Waals surface area contributed by atoms with Crippen molar-refractivity contribution in [3.8, 4) is 5.75 Å². The highest BCUT2D eigenvalue weighted by molar-refractivity contribution is 9.10. The molecule has 5 heteroatoms. The normalized spacial score (nSPS) is 12.2. The molecule has 2 aromatic carbocycles. The Hall–Kier alpha value is -0.740. The van der Waals surface area contributed by atoms with E-state index >= 15 is 0 Å². The Morgan fingerprint density at radius 3 is 2.52 bits per heavy atom. The van der Waals surface area contributed by atoms with Crippen LogP contribution in [0, 0.1) is 0 Å². The molecule has 0 fully saturated rings. The molecule has 0 aliphatic carbocycles. The van der Waals surface area contributed by atoms with Crippen LogP contribution in [0.25, 0.3) is 0 Å². The summed E-state index contributed by atoms with van der Waals surface area (Å²) in [6, 6.07) is 11.1. The molecule has 112 valence electrons. The Balaban J connectivity index is 2.04. The number of methoxy groups -OCH3 is 1. The molecule has 2 nitrogen and oxygen atoms in total. The second kappa shape index (κ2) is 7.50. The van der Waals surface area contributed by atoms with Crippen LogP contribution >= 0.6 is 39.1 Å². The van der Waals surface area contributed by atoms with E-state index in [0.29, 0.717) is 22.9 Å². The van der Waals surface area contributed by atoms with Crippen molar-refractivity contribution in [3.63, 3.8) is 0 Å². The van der Waals surface area contributed by atoms with Gasteiger partial charge in [-0.25, -0.2) is 0 Å². The van der Waals surface area contributed by atoms with E-state index in [0.717, 1.165) is 21.3 Å². The predicted octanol–water partition coefficient (Wildman–Crippen LogP) is 4.91. The lowest BCUT2D eigenvalue weighted by Gasteiger charge is -2.13. The maximum atomic E-state index is 10.2. The first kappa shape index (κ1) is 16.6. The zero-order chi connectivity index (χ0) is 15.4. The molecule has 2 aromatic rings. The van der Waals surface area contributed by atoms with Crippen molar-refractivity contribution in [3.05, 3.63) is 62.0 Å². The fourth-order valence-electron chi connectivity index (χ4n) is 2.12. The van der Waals surface area contributed by atoms with Gasteiger partial charge in [0.2, 0.25) is 0 Å². The predicted molar refractivity (Wildman–Crippen MR) is 90.6 cm³/mol. The van der Waals surface area contributed by atoms with Gasteiger partial charge in [-0.2, -0.15) is 0 Å². The third-order valence-corrected chi connectivity index (χ3v) is 4.36. The minimum Gasteiger partial charge on any atom is -0.496 e. The van der Waals surface area contributed by atoms with Crippen LogP contribution in [0.4, 0.5) is 0 Å². The maximum Gasteiger partial charge on any atom is 0.133 e. The molecule has 1 unspecified atom stereocenters. The Morgan fingerprint density at radius 1 is 1.14 bits per heavy atom. The molecular formula is C16H15BrCl2O2. The van der Waals surface area contributed by atoms with Crippen molar-refractivity contribution in [1.29, 1.82) is 0 Å². The molecule has 0 aliphatic rings. The van der Waals surface area contributed by atoms with Gasteiger partial charge < -0.3 is 9.84 Å². The molecular weight excluding hydrogens is 375 g/mol. The van der Waals surface area contributed by atoms with Crippen LogP contribution in [0.5, 0.6) is 5.75 Å². The average Bonchev–Trinajstić information content (AvgIpc) is 2.42. The van der Waals surface area contributed by atoms with Crippen LogP contribution in [-0.2, 0) is 12.8 Å². The number of ether oxygens (including phenoxy) is 1. The first-order valence-corrected chi connectivity index (χ1v) is 7.99. The minimum atomic E-state index is -0.510. The number of hydrogen-bond donors (Lipinski definition) is 1. The Bertz CT molecular complexity index is 632. The zero-order valence-corrected chi connectivity index (χ0v) is 14.5. The molecule has 21 heavy (non-hydrogen) atoms. The molecule has 1 atom stereocenters. The Labute approximate surface area is 142 Å². The number of rotatable bonds is 5. The quantitative estimate of drug-likeness (QED) is 0.787. The van der Waals surface area contributed by atoms with Crippen molar-refractivity contribution in [2.75, 3.05) is 7.11 Å². The molecule has 2 rings (SSSR count). The molecule has 0 saturated carbocycles. The molecule has 0 amide bonds. The average molecular weight is 390 g/mol. The smallest absolute Gasteiger partial charge is 0.133 e. The van der Waals surface area contributed by atoms with Crippen LogP contribution in [0.1, 0.15) is 11.1 Å². The van der Waals surface area contributed by atoms with E-state index in [1.807, 2.05) is 24.3 Å².